The fourth-order valence-corrected chi connectivity index (χ4v) is 4.95. The Morgan fingerprint density at radius 1 is 0.375 bits per heavy atom. The van der Waals surface area contributed by atoms with Gasteiger partial charge in [-0.05, 0) is 40.1 Å². The molecule has 0 bridgehead atoms. The summed E-state index contributed by atoms with van der Waals surface area (Å²) in [5.74, 6) is 1.97. The molecule has 0 spiro atoms. The lowest BCUT2D eigenvalue weighted by molar-refractivity contribution is 1.08. The monoisotopic (exact) mass is 512 g/mol. The molecule has 0 saturated heterocycles. The van der Waals surface area contributed by atoms with Crippen molar-refractivity contribution in [1.29, 1.82) is 0 Å². The van der Waals surface area contributed by atoms with Crippen LogP contribution in [0.5, 0.6) is 0 Å². The molecule has 0 fully saturated rings. The minimum atomic E-state index is 0.658. The SMILES string of the molecule is c1ccc(-c2nc(-c3ccccc3)nc(-c3cccc4cc(-c5ccc(-c6ccccn6)cc5)ccc34)n2)cc1. The fraction of sp³-hybridized carbons (Fsp3) is 0. The Morgan fingerprint density at radius 2 is 0.975 bits per heavy atom. The zero-order chi connectivity index (χ0) is 26.7. The molecule has 0 amide bonds. The Hall–Kier alpha value is -5.48. The van der Waals surface area contributed by atoms with E-state index in [1.165, 1.54) is 0 Å². The first-order chi connectivity index (χ1) is 19.8. The van der Waals surface area contributed by atoms with E-state index in [-0.39, 0.29) is 0 Å². The number of hydrogen-bond acceptors (Lipinski definition) is 4. The summed E-state index contributed by atoms with van der Waals surface area (Å²) < 4.78 is 0. The Labute approximate surface area is 232 Å². The number of pyridine rings is 1. The van der Waals surface area contributed by atoms with E-state index in [0.717, 1.165) is 49.8 Å². The second kappa shape index (κ2) is 10.4. The lowest BCUT2D eigenvalue weighted by Gasteiger charge is -2.11. The van der Waals surface area contributed by atoms with Crippen LogP contribution >= 0.6 is 0 Å². The zero-order valence-corrected chi connectivity index (χ0v) is 21.6. The van der Waals surface area contributed by atoms with Gasteiger partial charge in [-0.2, -0.15) is 0 Å². The number of hydrogen-bond donors (Lipinski definition) is 0. The van der Waals surface area contributed by atoms with Crippen LogP contribution in [0.3, 0.4) is 0 Å². The molecule has 0 aliphatic heterocycles. The van der Waals surface area contributed by atoms with Crippen molar-refractivity contribution in [1.82, 2.24) is 19.9 Å². The van der Waals surface area contributed by atoms with Gasteiger partial charge in [-0.1, -0.05) is 121 Å². The lowest BCUT2D eigenvalue weighted by atomic mass is 9.97. The van der Waals surface area contributed by atoms with Crippen LogP contribution in [0, 0.1) is 0 Å². The summed E-state index contributed by atoms with van der Waals surface area (Å²) in [5.41, 5.74) is 7.28. The average Bonchev–Trinajstić information content (AvgIpc) is 3.05. The van der Waals surface area contributed by atoms with E-state index in [0.29, 0.717) is 17.5 Å². The van der Waals surface area contributed by atoms with Gasteiger partial charge in [0.15, 0.2) is 17.5 Å². The topological polar surface area (TPSA) is 51.6 Å². The zero-order valence-electron chi connectivity index (χ0n) is 21.6. The van der Waals surface area contributed by atoms with Crippen LogP contribution in [-0.2, 0) is 0 Å². The summed E-state index contributed by atoms with van der Waals surface area (Å²) in [6.45, 7) is 0. The molecule has 188 valence electrons. The molecule has 0 unspecified atom stereocenters. The summed E-state index contributed by atoms with van der Waals surface area (Å²) in [7, 11) is 0. The van der Waals surface area contributed by atoms with E-state index in [1.807, 2.05) is 85.1 Å². The number of nitrogens with zero attached hydrogens (tertiary/aromatic N) is 4. The first kappa shape index (κ1) is 23.6. The van der Waals surface area contributed by atoms with Gasteiger partial charge in [0, 0.05) is 28.5 Å². The summed E-state index contributed by atoms with van der Waals surface area (Å²) in [6.07, 6.45) is 1.82. The Kier molecular flexibility index (Phi) is 6.11. The van der Waals surface area contributed by atoms with Crippen LogP contribution in [0.4, 0.5) is 0 Å². The molecule has 40 heavy (non-hydrogen) atoms. The molecule has 7 aromatic rings. The summed E-state index contributed by atoms with van der Waals surface area (Å²) in [6, 6.07) is 47.5. The van der Waals surface area contributed by atoms with Crippen LogP contribution in [-0.4, -0.2) is 19.9 Å². The van der Waals surface area contributed by atoms with Crippen molar-refractivity contribution in [2.24, 2.45) is 0 Å². The normalized spacial score (nSPS) is 11.0. The molecule has 0 atom stereocenters. The van der Waals surface area contributed by atoms with Gasteiger partial charge < -0.3 is 0 Å². The molecule has 0 aliphatic rings. The maximum Gasteiger partial charge on any atom is 0.164 e. The third-order valence-electron chi connectivity index (χ3n) is 7.00. The summed E-state index contributed by atoms with van der Waals surface area (Å²) >= 11 is 0. The van der Waals surface area contributed by atoms with Crippen molar-refractivity contribution in [2.75, 3.05) is 0 Å². The third-order valence-corrected chi connectivity index (χ3v) is 7.00. The molecule has 0 N–H and O–H groups in total. The number of benzene rings is 5. The van der Waals surface area contributed by atoms with Gasteiger partial charge in [-0.3, -0.25) is 4.98 Å². The maximum atomic E-state index is 4.94. The van der Waals surface area contributed by atoms with Crippen LogP contribution in [0.25, 0.3) is 67.3 Å². The van der Waals surface area contributed by atoms with E-state index in [2.05, 4.69) is 65.6 Å². The van der Waals surface area contributed by atoms with Gasteiger partial charge in [0.1, 0.15) is 0 Å². The predicted molar refractivity (Wildman–Crippen MR) is 162 cm³/mol. The minimum Gasteiger partial charge on any atom is -0.256 e. The van der Waals surface area contributed by atoms with Crippen LogP contribution in [0.1, 0.15) is 0 Å². The highest BCUT2D eigenvalue weighted by atomic mass is 15.0. The minimum absolute atomic E-state index is 0.658. The second-order valence-electron chi connectivity index (χ2n) is 9.57. The molecule has 2 heterocycles. The van der Waals surface area contributed by atoms with Crippen molar-refractivity contribution in [3.63, 3.8) is 0 Å². The molecule has 4 heteroatoms. The lowest BCUT2D eigenvalue weighted by Crippen LogP contribution is -2.00. The third kappa shape index (κ3) is 4.63. The maximum absolute atomic E-state index is 4.94. The van der Waals surface area contributed by atoms with Crippen molar-refractivity contribution in [3.8, 4) is 56.5 Å². The van der Waals surface area contributed by atoms with Crippen LogP contribution in [0.15, 0.2) is 146 Å². The van der Waals surface area contributed by atoms with E-state index < -0.39 is 0 Å². The van der Waals surface area contributed by atoms with Gasteiger partial charge in [-0.15, -0.1) is 0 Å². The standard InChI is InChI=1S/C36H24N4/c1-3-10-27(11-4-1)34-38-35(28-12-5-2-6-13-28)40-36(39-34)32-15-9-14-30-24-29(21-22-31(30)32)25-17-19-26(20-18-25)33-16-7-8-23-37-33/h1-24H. The summed E-state index contributed by atoms with van der Waals surface area (Å²) in [5, 5.41) is 2.23. The Bertz CT molecular complexity index is 1860. The Balaban J connectivity index is 1.31. The van der Waals surface area contributed by atoms with E-state index in [9.17, 15) is 0 Å². The molecular weight excluding hydrogens is 488 g/mol. The first-order valence-electron chi connectivity index (χ1n) is 13.2. The van der Waals surface area contributed by atoms with Gasteiger partial charge in [0.2, 0.25) is 0 Å². The van der Waals surface area contributed by atoms with Crippen LogP contribution < -0.4 is 0 Å². The molecule has 0 aliphatic carbocycles. The smallest absolute Gasteiger partial charge is 0.164 e. The van der Waals surface area contributed by atoms with E-state index in [1.54, 1.807) is 0 Å². The largest absolute Gasteiger partial charge is 0.256 e. The van der Waals surface area contributed by atoms with Crippen molar-refractivity contribution in [3.05, 3.63) is 146 Å². The van der Waals surface area contributed by atoms with Gasteiger partial charge in [0.25, 0.3) is 0 Å². The van der Waals surface area contributed by atoms with Gasteiger partial charge >= 0.3 is 0 Å². The first-order valence-corrected chi connectivity index (χ1v) is 13.2. The fourth-order valence-electron chi connectivity index (χ4n) is 4.95. The van der Waals surface area contributed by atoms with Crippen molar-refractivity contribution < 1.29 is 0 Å². The van der Waals surface area contributed by atoms with E-state index in [4.69, 9.17) is 15.0 Å². The predicted octanol–water partition coefficient (Wildman–Crippen LogP) is 8.75. The molecule has 0 saturated carbocycles. The number of fused-ring (bicyclic) bond motifs is 1. The molecule has 5 aromatic carbocycles. The highest BCUT2D eigenvalue weighted by molar-refractivity contribution is 5.97. The number of aromatic nitrogens is 4. The van der Waals surface area contributed by atoms with E-state index >= 15 is 0 Å². The molecule has 7 rings (SSSR count). The van der Waals surface area contributed by atoms with Gasteiger partial charge in [0.05, 0.1) is 5.69 Å². The quantitative estimate of drug-likeness (QED) is 0.231. The number of rotatable bonds is 5. The molecular formula is C36H24N4. The molecule has 2 aromatic heterocycles. The average molecular weight is 513 g/mol. The summed E-state index contributed by atoms with van der Waals surface area (Å²) in [4.78, 5) is 19.2. The molecule has 4 nitrogen and oxygen atoms in total. The Morgan fingerprint density at radius 3 is 1.62 bits per heavy atom. The highest BCUT2D eigenvalue weighted by Crippen LogP contribution is 2.33. The molecule has 0 radical (unpaired) electrons. The second-order valence-corrected chi connectivity index (χ2v) is 9.57. The van der Waals surface area contributed by atoms with Crippen molar-refractivity contribution in [2.45, 2.75) is 0 Å². The van der Waals surface area contributed by atoms with Gasteiger partial charge in [-0.25, -0.2) is 15.0 Å². The van der Waals surface area contributed by atoms with Crippen LogP contribution in [0.2, 0.25) is 0 Å². The highest BCUT2D eigenvalue weighted by Gasteiger charge is 2.14. The van der Waals surface area contributed by atoms with Crippen molar-refractivity contribution >= 4 is 10.8 Å².